The van der Waals surface area contributed by atoms with Gasteiger partial charge in [-0.1, -0.05) is 48.5 Å². The van der Waals surface area contributed by atoms with Crippen LogP contribution in [0.25, 0.3) is 0 Å². The second-order valence-electron chi connectivity index (χ2n) is 10.0. The molecule has 5 unspecified atom stereocenters. The Bertz CT molecular complexity index is 485. The van der Waals surface area contributed by atoms with Crippen molar-refractivity contribution >= 4 is 11.9 Å². The molecule has 0 saturated heterocycles. The molecular formula is C25H46O4. The quantitative estimate of drug-likeness (QED) is 0.342. The zero-order valence-electron chi connectivity index (χ0n) is 20.0. The molecule has 0 aliphatic heterocycles. The molecule has 0 amide bonds. The molecule has 170 valence electrons. The zero-order chi connectivity index (χ0) is 22.0. The topological polar surface area (TPSA) is 52.6 Å². The van der Waals surface area contributed by atoms with Gasteiger partial charge in [-0.05, 0) is 75.5 Å². The van der Waals surface area contributed by atoms with Crippen molar-refractivity contribution in [2.75, 3.05) is 0 Å². The van der Waals surface area contributed by atoms with E-state index in [0.29, 0.717) is 17.8 Å². The van der Waals surface area contributed by atoms with E-state index in [2.05, 4.69) is 48.5 Å². The monoisotopic (exact) mass is 410 g/mol. The standard InChI is InChI=1S/C25H46O4/c1-8-20(13-10-17(3)4)28-24(26)22-15-12-19(7)16-23(22)25(27)29-21(9-2)14-11-18(5)6/h17-23H,8-16H2,1-7H3. The normalized spacial score (nSPS) is 24.4. The van der Waals surface area contributed by atoms with Crippen molar-refractivity contribution in [3.63, 3.8) is 0 Å². The molecule has 4 nitrogen and oxygen atoms in total. The Morgan fingerprint density at radius 2 is 1.21 bits per heavy atom. The number of carbonyl (C=O) groups is 2. The Labute approximate surface area is 179 Å². The maximum Gasteiger partial charge on any atom is 0.310 e. The van der Waals surface area contributed by atoms with Crippen LogP contribution in [-0.4, -0.2) is 24.1 Å². The van der Waals surface area contributed by atoms with E-state index < -0.39 is 0 Å². The van der Waals surface area contributed by atoms with Crippen LogP contribution in [0.15, 0.2) is 0 Å². The van der Waals surface area contributed by atoms with E-state index in [1.54, 1.807) is 0 Å². The minimum Gasteiger partial charge on any atom is -0.462 e. The summed E-state index contributed by atoms with van der Waals surface area (Å²) < 4.78 is 11.8. The van der Waals surface area contributed by atoms with E-state index in [9.17, 15) is 9.59 Å². The largest absolute Gasteiger partial charge is 0.462 e. The lowest BCUT2D eigenvalue weighted by atomic mass is 9.74. The molecule has 1 aliphatic rings. The smallest absolute Gasteiger partial charge is 0.310 e. The average Bonchev–Trinajstić information content (AvgIpc) is 2.67. The molecule has 0 spiro atoms. The van der Waals surface area contributed by atoms with E-state index in [1.165, 1.54) is 0 Å². The summed E-state index contributed by atoms with van der Waals surface area (Å²) in [6.07, 6.45) is 7.85. The van der Waals surface area contributed by atoms with Gasteiger partial charge >= 0.3 is 11.9 Å². The molecule has 0 bridgehead atoms. The average molecular weight is 411 g/mol. The second-order valence-corrected chi connectivity index (χ2v) is 10.0. The first-order chi connectivity index (χ1) is 13.7. The van der Waals surface area contributed by atoms with Gasteiger partial charge in [-0.3, -0.25) is 9.59 Å². The molecule has 0 aromatic rings. The number of ether oxygens (including phenoxy) is 2. The Hall–Kier alpha value is -1.06. The summed E-state index contributed by atoms with van der Waals surface area (Å²) in [7, 11) is 0. The summed E-state index contributed by atoms with van der Waals surface area (Å²) in [6, 6.07) is 0. The summed E-state index contributed by atoms with van der Waals surface area (Å²) in [4.78, 5) is 26.0. The molecule has 0 radical (unpaired) electrons. The van der Waals surface area contributed by atoms with Gasteiger partial charge in [0.25, 0.3) is 0 Å². The van der Waals surface area contributed by atoms with Crippen molar-refractivity contribution < 1.29 is 19.1 Å². The molecule has 5 atom stereocenters. The van der Waals surface area contributed by atoms with Crippen molar-refractivity contribution in [2.45, 2.75) is 118 Å². The molecule has 4 heteroatoms. The van der Waals surface area contributed by atoms with Crippen molar-refractivity contribution in [3.05, 3.63) is 0 Å². The lowest BCUT2D eigenvalue weighted by Crippen LogP contribution is -2.39. The summed E-state index contributed by atoms with van der Waals surface area (Å²) in [5.74, 6) is 0.537. The summed E-state index contributed by atoms with van der Waals surface area (Å²) in [5, 5.41) is 0. The maximum absolute atomic E-state index is 13.0. The van der Waals surface area contributed by atoms with E-state index in [0.717, 1.165) is 57.8 Å². The first-order valence-electron chi connectivity index (χ1n) is 12.1. The highest BCUT2D eigenvalue weighted by atomic mass is 16.6. The number of hydrogen-bond donors (Lipinski definition) is 0. The van der Waals surface area contributed by atoms with Crippen LogP contribution in [0.5, 0.6) is 0 Å². The third-order valence-electron chi connectivity index (χ3n) is 6.33. The predicted molar refractivity (Wildman–Crippen MR) is 118 cm³/mol. The lowest BCUT2D eigenvalue weighted by molar-refractivity contribution is -0.170. The fourth-order valence-electron chi connectivity index (χ4n) is 4.16. The van der Waals surface area contributed by atoms with Gasteiger partial charge in [0.1, 0.15) is 12.2 Å². The third kappa shape index (κ3) is 9.53. The van der Waals surface area contributed by atoms with E-state index in [1.807, 2.05) is 0 Å². The van der Waals surface area contributed by atoms with Crippen LogP contribution in [0, 0.1) is 29.6 Å². The maximum atomic E-state index is 13.0. The van der Waals surface area contributed by atoms with Crippen LogP contribution in [0.1, 0.15) is 106 Å². The Kier molecular flexibility index (Phi) is 11.9. The highest BCUT2D eigenvalue weighted by Crippen LogP contribution is 2.36. The molecule has 0 heterocycles. The highest BCUT2D eigenvalue weighted by Gasteiger charge is 2.41. The van der Waals surface area contributed by atoms with Crippen LogP contribution in [0.3, 0.4) is 0 Å². The first kappa shape index (κ1) is 26.0. The number of esters is 2. The number of hydrogen-bond acceptors (Lipinski definition) is 4. The van der Waals surface area contributed by atoms with Gasteiger partial charge in [0.05, 0.1) is 11.8 Å². The predicted octanol–water partition coefficient (Wildman–Crippen LogP) is 6.55. The Morgan fingerprint density at radius 1 is 0.759 bits per heavy atom. The summed E-state index contributed by atoms with van der Waals surface area (Å²) in [5.41, 5.74) is 0. The molecular weight excluding hydrogens is 364 g/mol. The van der Waals surface area contributed by atoms with Crippen LogP contribution in [0.4, 0.5) is 0 Å². The molecule has 0 aromatic carbocycles. The van der Waals surface area contributed by atoms with Crippen LogP contribution < -0.4 is 0 Å². The van der Waals surface area contributed by atoms with Gasteiger partial charge in [0.15, 0.2) is 0 Å². The van der Waals surface area contributed by atoms with E-state index in [4.69, 9.17) is 9.47 Å². The zero-order valence-corrected chi connectivity index (χ0v) is 20.0. The van der Waals surface area contributed by atoms with Crippen molar-refractivity contribution in [1.29, 1.82) is 0 Å². The fourth-order valence-corrected chi connectivity index (χ4v) is 4.16. The minimum atomic E-state index is -0.359. The Morgan fingerprint density at radius 3 is 1.62 bits per heavy atom. The lowest BCUT2D eigenvalue weighted by Gasteiger charge is -2.33. The first-order valence-corrected chi connectivity index (χ1v) is 12.1. The van der Waals surface area contributed by atoms with E-state index in [-0.39, 0.29) is 36.0 Å². The van der Waals surface area contributed by atoms with Gasteiger partial charge in [-0.15, -0.1) is 0 Å². The number of rotatable bonds is 12. The third-order valence-corrected chi connectivity index (χ3v) is 6.33. The van der Waals surface area contributed by atoms with Gasteiger partial charge in [-0.25, -0.2) is 0 Å². The minimum absolute atomic E-state index is 0.0460. The molecule has 1 saturated carbocycles. The SMILES string of the molecule is CCC(CCC(C)C)OC(=O)C1CCC(C)CC1C(=O)OC(CC)CCC(C)C. The van der Waals surface area contributed by atoms with Crippen molar-refractivity contribution in [2.24, 2.45) is 29.6 Å². The van der Waals surface area contributed by atoms with E-state index >= 15 is 0 Å². The second kappa shape index (κ2) is 13.3. The molecule has 1 rings (SSSR count). The van der Waals surface area contributed by atoms with Gasteiger partial charge in [0, 0.05) is 0 Å². The Balaban J connectivity index is 2.75. The van der Waals surface area contributed by atoms with Crippen LogP contribution >= 0.6 is 0 Å². The van der Waals surface area contributed by atoms with Gasteiger partial charge in [0.2, 0.25) is 0 Å². The number of carbonyl (C=O) groups excluding carboxylic acids is 2. The molecule has 29 heavy (non-hydrogen) atoms. The molecule has 1 aliphatic carbocycles. The molecule has 0 N–H and O–H groups in total. The van der Waals surface area contributed by atoms with Gasteiger partial charge in [-0.2, -0.15) is 0 Å². The van der Waals surface area contributed by atoms with Gasteiger partial charge < -0.3 is 9.47 Å². The molecule has 1 fully saturated rings. The van der Waals surface area contributed by atoms with Crippen LogP contribution in [0.2, 0.25) is 0 Å². The highest BCUT2D eigenvalue weighted by molar-refractivity contribution is 5.82. The van der Waals surface area contributed by atoms with Crippen molar-refractivity contribution in [1.82, 2.24) is 0 Å². The summed E-state index contributed by atoms with van der Waals surface area (Å²) >= 11 is 0. The fraction of sp³-hybridized carbons (Fsp3) is 0.920. The molecule has 0 aromatic heterocycles. The van der Waals surface area contributed by atoms with Crippen LogP contribution in [-0.2, 0) is 19.1 Å². The van der Waals surface area contributed by atoms with Crippen molar-refractivity contribution in [3.8, 4) is 0 Å². The summed E-state index contributed by atoms with van der Waals surface area (Å²) in [6.45, 7) is 15.0.